The second kappa shape index (κ2) is 9.90. The van der Waals surface area contributed by atoms with E-state index < -0.39 is 16.6 Å². The molecule has 0 aliphatic rings. The molecule has 172 valence electrons. The minimum absolute atomic E-state index is 0.0142. The van der Waals surface area contributed by atoms with E-state index in [4.69, 9.17) is 9.47 Å². The van der Waals surface area contributed by atoms with E-state index in [1.54, 1.807) is 25.1 Å². The zero-order valence-electron chi connectivity index (χ0n) is 18.4. The Labute approximate surface area is 197 Å². The van der Waals surface area contributed by atoms with Crippen LogP contribution in [0.5, 0.6) is 11.5 Å². The summed E-state index contributed by atoms with van der Waals surface area (Å²) in [6.07, 6.45) is 1.30. The lowest BCUT2D eigenvalue weighted by molar-refractivity contribution is -0.385. The number of nitro groups is 1. The van der Waals surface area contributed by atoms with E-state index >= 15 is 0 Å². The first-order valence-electron chi connectivity index (χ1n) is 10.0. The van der Waals surface area contributed by atoms with Gasteiger partial charge in [-0.2, -0.15) is 9.78 Å². The zero-order valence-corrected chi connectivity index (χ0v) is 20.0. The van der Waals surface area contributed by atoms with Crippen LogP contribution in [0.3, 0.4) is 0 Å². The average Bonchev–Trinajstić information content (AvgIpc) is 2.74. The summed E-state index contributed by atoms with van der Waals surface area (Å²) in [4.78, 5) is 40.1. The molecule has 0 bridgehead atoms. The van der Waals surface area contributed by atoms with Crippen LogP contribution in [0.15, 0.2) is 44.7 Å². The SMILES string of the molecule is CCOc1cc(C=Nn2c(C(C)C)nc3ccc(Br)cc3c2=O)cc([N+](=O)[O-])c1OC(C)=O. The van der Waals surface area contributed by atoms with Crippen molar-refractivity contribution in [1.29, 1.82) is 0 Å². The van der Waals surface area contributed by atoms with E-state index in [1.807, 2.05) is 13.8 Å². The first kappa shape index (κ1) is 24.1. The van der Waals surface area contributed by atoms with Crippen LogP contribution in [0.4, 0.5) is 5.69 Å². The second-order valence-corrected chi connectivity index (χ2v) is 8.21. The fraction of sp³-hybridized carbons (Fsp3) is 0.273. The largest absolute Gasteiger partial charge is 0.490 e. The van der Waals surface area contributed by atoms with Gasteiger partial charge >= 0.3 is 11.7 Å². The Hall–Kier alpha value is -3.60. The molecule has 11 heteroatoms. The summed E-state index contributed by atoms with van der Waals surface area (Å²) >= 11 is 3.35. The first-order chi connectivity index (χ1) is 15.6. The van der Waals surface area contributed by atoms with Crippen LogP contribution in [0.25, 0.3) is 10.9 Å². The van der Waals surface area contributed by atoms with Gasteiger partial charge in [0, 0.05) is 28.9 Å². The summed E-state index contributed by atoms with van der Waals surface area (Å²) in [5.41, 5.74) is -0.0257. The van der Waals surface area contributed by atoms with Gasteiger partial charge in [-0.05, 0) is 31.2 Å². The molecule has 0 unspecified atom stereocenters. The Morgan fingerprint density at radius 3 is 2.67 bits per heavy atom. The van der Waals surface area contributed by atoms with Gasteiger partial charge in [-0.3, -0.25) is 19.7 Å². The number of nitro benzene ring substituents is 1. The minimum Gasteiger partial charge on any atom is -0.490 e. The number of carbonyl (C=O) groups is 1. The average molecular weight is 517 g/mol. The topological polar surface area (TPSA) is 126 Å². The van der Waals surface area contributed by atoms with E-state index in [1.165, 1.54) is 23.0 Å². The van der Waals surface area contributed by atoms with Crippen LogP contribution in [-0.4, -0.2) is 33.4 Å². The van der Waals surface area contributed by atoms with Gasteiger partial charge in [0.15, 0.2) is 5.75 Å². The second-order valence-electron chi connectivity index (χ2n) is 7.30. The summed E-state index contributed by atoms with van der Waals surface area (Å²) in [6, 6.07) is 7.84. The van der Waals surface area contributed by atoms with Gasteiger partial charge in [-0.15, -0.1) is 0 Å². The van der Waals surface area contributed by atoms with Gasteiger partial charge in [0.1, 0.15) is 5.82 Å². The third-order valence-corrected chi connectivity index (χ3v) is 4.97. The predicted octanol–water partition coefficient (Wildman–Crippen LogP) is 4.40. The normalized spacial score (nSPS) is 11.3. The maximum Gasteiger partial charge on any atom is 0.316 e. The molecule has 0 aliphatic carbocycles. The van der Waals surface area contributed by atoms with Gasteiger partial charge in [-0.25, -0.2) is 4.98 Å². The van der Waals surface area contributed by atoms with Crippen molar-refractivity contribution in [2.75, 3.05) is 6.61 Å². The monoisotopic (exact) mass is 516 g/mol. The molecule has 0 fully saturated rings. The molecular formula is C22H21BrN4O6. The molecule has 3 rings (SSSR count). The quantitative estimate of drug-likeness (QED) is 0.150. The van der Waals surface area contributed by atoms with Crippen LogP contribution in [-0.2, 0) is 4.79 Å². The van der Waals surface area contributed by atoms with Crippen molar-refractivity contribution < 1.29 is 19.2 Å². The molecule has 0 spiro atoms. The summed E-state index contributed by atoms with van der Waals surface area (Å²) in [5, 5.41) is 16.3. The summed E-state index contributed by atoms with van der Waals surface area (Å²) < 4.78 is 12.4. The standard InChI is InChI=1S/C22H21BrN4O6/c1-5-32-19-9-14(8-18(27(30)31)20(19)33-13(4)28)11-24-26-21(12(2)3)25-17-7-6-15(23)10-16(17)22(26)29/h6-12H,5H2,1-4H3. The summed E-state index contributed by atoms with van der Waals surface area (Å²) in [7, 11) is 0. The molecule has 1 aromatic heterocycles. The van der Waals surface area contributed by atoms with Crippen molar-refractivity contribution in [2.24, 2.45) is 5.10 Å². The van der Waals surface area contributed by atoms with Crippen LogP contribution in [0, 0.1) is 10.1 Å². The van der Waals surface area contributed by atoms with Gasteiger partial charge < -0.3 is 9.47 Å². The first-order valence-corrected chi connectivity index (χ1v) is 10.8. The highest BCUT2D eigenvalue weighted by Gasteiger charge is 2.24. The molecule has 0 N–H and O–H groups in total. The molecule has 0 saturated heterocycles. The number of carbonyl (C=O) groups excluding carboxylic acids is 1. The highest BCUT2D eigenvalue weighted by Crippen LogP contribution is 2.38. The van der Waals surface area contributed by atoms with E-state index in [0.717, 1.165) is 11.4 Å². The van der Waals surface area contributed by atoms with E-state index in [2.05, 4.69) is 26.0 Å². The van der Waals surface area contributed by atoms with Crippen LogP contribution < -0.4 is 15.0 Å². The number of aromatic nitrogens is 2. The Morgan fingerprint density at radius 1 is 1.33 bits per heavy atom. The van der Waals surface area contributed by atoms with Gasteiger partial charge in [-0.1, -0.05) is 29.8 Å². The van der Waals surface area contributed by atoms with Crippen molar-refractivity contribution in [1.82, 2.24) is 9.66 Å². The molecule has 33 heavy (non-hydrogen) atoms. The lowest BCUT2D eigenvalue weighted by Gasteiger charge is -2.12. The highest BCUT2D eigenvalue weighted by atomic mass is 79.9. The van der Waals surface area contributed by atoms with Gasteiger partial charge in [0.2, 0.25) is 5.75 Å². The minimum atomic E-state index is -0.720. The maximum atomic E-state index is 13.1. The molecule has 0 aliphatic heterocycles. The number of fused-ring (bicyclic) bond motifs is 1. The Balaban J connectivity index is 2.19. The Bertz CT molecular complexity index is 1330. The number of benzene rings is 2. The summed E-state index contributed by atoms with van der Waals surface area (Å²) in [6.45, 7) is 6.78. The van der Waals surface area contributed by atoms with Crippen molar-refractivity contribution in [3.8, 4) is 11.5 Å². The Morgan fingerprint density at radius 2 is 2.06 bits per heavy atom. The number of hydrogen-bond acceptors (Lipinski definition) is 8. The number of nitrogens with zero attached hydrogens (tertiary/aromatic N) is 4. The fourth-order valence-corrected chi connectivity index (χ4v) is 3.46. The molecule has 0 saturated carbocycles. The lowest BCUT2D eigenvalue weighted by atomic mass is 10.1. The predicted molar refractivity (Wildman–Crippen MR) is 126 cm³/mol. The van der Waals surface area contributed by atoms with Crippen molar-refractivity contribution in [3.63, 3.8) is 0 Å². The molecule has 2 aromatic carbocycles. The van der Waals surface area contributed by atoms with Crippen LogP contribution in [0.2, 0.25) is 0 Å². The molecular weight excluding hydrogens is 496 g/mol. The third-order valence-electron chi connectivity index (χ3n) is 4.47. The number of ether oxygens (including phenoxy) is 2. The number of halogens is 1. The zero-order chi connectivity index (χ0) is 24.3. The molecule has 3 aromatic rings. The number of hydrogen-bond donors (Lipinski definition) is 0. The number of esters is 1. The molecule has 0 radical (unpaired) electrons. The van der Waals surface area contributed by atoms with Gasteiger partial charge in [0.05, 0.1) is 28.6 Å². The highest BCUT2D eigenvalue weighted by molar-refractivity contribution is 9.10. The fourth-order valence-electron chi connectivity index (χ4n) is 3.10. The molecule has 0 amide bonds. The van der Waals surface area contributed by atoms with Crippen LogP contribution in [0.1, 0.15) is 45.0 Å². The molecule has 1 heterocycles. The van der Waals surface area contributed by atoms with E-state index in [-0.39, 0.29) is 35.1 Å². The van der Waals surface area contributed by atoms with E-state index in [9.17, 15) is 19.7 Å². The molecule has 0 atom stereocenters. The van der Waals surface area contributed by atoms with Crippen molar-refractivity contribution in [2.45, 2.75) is 33.6 Å². The van der Waals surface area contributed by atoms with Crippen molar-refractivity contribution in [3.05, 3.63) is 66.7 Å². The van der Waals surface area contributed by atoms with Crippen molar-refractivity contribution >= 4 is 44.7 Å². The number of rotatable bonds is 7. The summed E-state index contributed by atoms with van der Waals surface area (Å²) in [5.74, 6) is -0.684. The third kappa shape index (κ3) is 5.25. The van der Waals surface area contributed by atoms with Gasteiger partial charge in [0.25, 0.3) is 5.56 Å². The lowest BCUT2D eigenvalue weighted by Crippen LogP contribution is -2.23. The maximum absolute atomic E-state index is 13.1. The van der Waals surface area contributed by atoms with Crippen LogP contribution >= 0.6 is 15.9 Å². The van der Waals surface area contributed by atoms with E-state index in [0.29, 0.717) is 16.7 Å². The smallest absolute Gasteiger partial charge is 0.316 e. The molecule has 10 nitrogen and oxygen atoms in total. The Kier molecular flexibility index (Phi) is 7.22.